The van der Waals surface area contributed by atoms with Gasteiger partial charge in [-0.25, -0.2) is 14.4 Å². The summed E-state index contributed by atoms with van der Waals surface area (Å²) in [5.74, 6) is 0. The van der Waals surface area contributed by atoms with Crippen molar-refractivity contribution in [3.05, 3.63) is 0 Å². The molecule has 11 nitrogen and oxygen atoms in total. The van der Waals surface area contributed by atoms with Gasteiger partial charge in [-0.05, 0) is 6.92 Å². The molecule has 22 heavy (non-hydrogen) atoms. The number of aliphatic imine (C=N–C) groups is 1. The predicted molar refractivity (Wildman–Crippen MR) is 68.9 cm³/mol. The zero-order valence-corrected chi connectivity index (χ0v) is 11.9. The monoisotopic (exact) mass is 316 g/mol. The molecule has 0 radical (unpaired) electrons. The number of rotatable bonds is 10. The molecule has 0 fully saturated rings. The molecule has 0 aliphatic rings. The highest BCUT2D eigenvalue weighted by Crippen LogP contribution is 1.93. The molecule has 0 aromatic heterocycles. The standard InChI is InChI=1S/C11H16N4O7/c1-9(22-11(18)15-8-20-5-12)4-19-2-3-21-10(17)14-6-13-7-16/h9H,2-4,6,8H2,1H3,(H,14,17)(H,15,18). The largest absolute Gasteiger partial charge is 0.447 e. The van der Waals surface area contributed by atoms with Crippen molar-refractivity contribution in [2.24, 2.45) is 4.99 Å². The molecule has 0 bridgehead atoms. The molecule has 1 atom stereocenters. The Hall–Kier alpha value is -2.83. The Morgan fingerprint density at radius 3 is 2.73 bits per heavy atom. The molecule has 1 unspecified atom stereocenters. The molecule has 0 aliphatic carbocycles. The van der Waals surface area contributed by atoms with E-state index >= 15 is 0 Å². The highest BCUT2D eigenvalue weighted by atomic mass is 16.6. The third-order valence-electron chi connectivity index (χ3n) is 1.84. The van der Waals surface area contributed by atoms with Gasteiger partial charge in [0.15, 0.2) is 6.73 Å². The molecule has 0 aromatic rings. The zero-order valence-electron chi connectivity index (χ0n) is 11.9. The van der Waals surface area contributed by atoms with Gasteiger partial charge in [0.05, 0.1) is 13.2 Å². The number of carbonyl (C=O) groups is 2. The SMILES string of the molecule is CC(COCCOC(=O)NCN=C=O)OC(=O)NCOC#N. The van der Waals surface area contributed by atoms with Gasteiger partial charge in [-0.15, -0.1) is 0 Å². The first-order chi connectivity index (χ1) is 10.6. The Morgan fingerprint density at radius 2 is 2.05 bits per heavy atom. The lowest BCUT2D eigenvalue weighted by Gasteiger charge is -2.13. The van der Waals surface area contributed by atoms with Crippen LogP contribution in [-0.2, 0) is 23.7 Å². The summed E-state index contributed by atoms with van der Waals surface area (Å²) in [7, 11) is 0. The highest BCUT2D eigenvalue weighted by molar-refractivity contribution is 5.67. The van der Waals surface area contributed by atoms with Gasteiger partial charge < -0.3 is 24.3 Å². The van der Waals surface area contributed by atoms with E-state index < -0.39 is 18.3 Å². The van der Waals surface area contributed by atoms with Crippen LogP contribution in [0.15, 0.2) is 4.99 Å². The molecule has 0 aromatic carbocycles. The zero-order chi connectivity index (χ0) is 16.6. The fourth-order valence-electron chi connectivity index (χ4n) is 1.02. The van der Waals surface area contributed by atoms with Gasteiger partial charge in [0.1, 0.15) is 19.4 Å². The fourth-order valence-corrected chi connectivity index (χ4v) is 1.02. The number of carbonyl (C=O) groups excluding carboxylic acids is 3. The Labute approximate surface area is 126 Å². The van der Waals surface area contributed by atoms with Crippen molar-refractivity contribution in [3.63, 3.8) is 0 Å². The Balaban J connectivity index is 3.54. The Kier molecular flexibility index (Phi) is 11.5. The van der Waals surface area contributed by atoms with Gasteiger partial charge in [0.25, 0.3) is 6.26 Å². The molecule has 0 rings (SSSR count). The first-order valence-electron chi connectivity index (χ1n) is 6.07. The van der Waals surface area contributed by atoms with E-state index in [1.54, 1.807) is 6.92 Å². The summed E-state index contributed by atoms with van der Waals surface area (Å²) in [5, 5.41) is 12.4. The van der Waals surface area contributed by atoms with Crippen LogP contribution in [-0.4, -0.2) is 57.6 Å². The smallest absolute Gasteiger partial charge is 0.410 e. The summed E-state index contributed by atoms with van der Waals surface area (Å²) in [6, 6.07) is 0. The maximum absolute atomic E-state index is 11.1. The lowest BCUT2D eigenvalue weighted by atomic mass is 10.4. The minimum Gasteiger partial charge on any atom is -0.447 e. The number of isocyanates is 1. The van der Waals surface area contributed by atoms with Crippen LogP contribution in [0.1, 0.15) is 6.92 Å². The quantitative estimate of drug-likeness (QED) is 0.182. The number of hydrogen-bond acceptors (Lipinski definition) is 9. The fraction of sp³-hybridized carbons (Fsp3) is 0.636. The van der Waals surface area contributed by atoms with E-state index in [4.69, 9.17) is 14.7 Å². The van der Waals surface area contributed by atoms with Gasteiger partial charge in [-0.2, -0.15) is 10.3 Å². The van der Waals surface area contributed by atoms with E-state index in [1.807, 2.05) is 0 Å². The van der Waals surface area contributed by atoms with Crippen LogP contribution in [0.3, 0.4) is 0 Å². The number of nitrogens with one attached hydrogen (secondary N) is 2. The first-order valence-corrected chi connectivity index (χ1v) is 6.07. The van der Waals surface area contributed by atoms with Gasteiger partial charge in [0, 0.05) is 0 Å². The molecular weight excluding hydrogens is 300 g/mol. The van der Waals surface area contributed by atoms with Crippen LogP contribution in [0.4, 0.5) is 9.59 Å². The van der Waals surface area contributed by atoms with Gasteiger partial charge in [-0.3, -0.25) is 5.32 Å². The van der Waals surface area contributed by atoms with E-state index in [0.717, 1.165) is 0 Å². The number of hydrogen-bond donors (Lipinski definition) is 2. The molecule has 0 saturated carbocycles. The second kappa shape index (κ2) is 13.2. The van der Waals surface area contributed by atoms with Crippen LogP contribution < -0.4 is 10.6 Å². The second-order valence-electron chi connectivity index (χ2n) is 3.57. The maximum Gasteiger partial charge on any atom is 0.410 e. The van der Waals surface area contributed by atoms with Crippen molar-refractivity contribution >= 4 is 18.3 Å². The summed E-state index contributed by atoms with van der Waals surface area (Å²) in [6.45, 7) is 1.27. The molecular formula is C11H16N4O7. The molecule has 2 amide bonds. The maximum atomic E-state index is 11.1. The molecule has 0 saturated heterocycles. The Bertz CT molecular complexity index is 431. The van der Waals surface area contributed by atoms with Crippen LogP contribution in [0.2, 0.25) is 0 Å². The average Bonchev–Trinajstić information content (AvgIpc) is 2.47. The van der Waals surface area contributed by atoms with Gasteiger partial charge >= 0.3 is 12.2 Å². The predicted octanol–water partition coefficient (Wildman–Crippen LogP) is -0.408. The van der Waals surface area contributed by atoms with Crippen molar-refractivity contribution in [2.75, 3.05) is 33.2 Å². The van der Waals surface area contributed by atoms with E-state index in [0.29, 0.717) is 0 Å². The Morgan fingerprint density at radius 1 is 1.27 bits per heavy atom. The van der Waals surface area contributed by atoms with E-state index in [9.17, 15) is 14.4 Å². The highest BCUT2D eigenvalue weighted by Gasteiger charge is 2.09. The molecule has 0 heterocycles. The van der Waals surface area contributed by atoms with E-state index in [1.165, 1.54) is 12.3 Å². The van der Waals surface area contributed by atoms with Gasteiger partial charge in [0.2, 0.25) is 6.08 Å². The third-order valence-corrected chi connectivity index (χ3v) is 1.84. The number of nitrogens with zero attached hydrogens (tertiary/aromatic N) is 2. The summed E-state index contributed by atoms with van der Waals surface area (Å²) in [5.41, 5.74) is 0. The summed E-state index contributed by atoms with van der Waals surface area (Å²) in [6.07, 6.45) is 0.594. The average molecular weight is 316 g/mol. The lowest BCUT2D eigenvalue weighted by molar-refractivity contribution is 0.0114. The number of amides is 2. The summed E-state index contributed by atoms with van der Waals surface area (Å²) >= 11 is 0. The van der Waals surface area contributed by atoms with Crippen molar-refractivity contribution in [1.82, 2.24) is 10.6 Å². The molecule has 0 aliphatic heterocycles. The van der Waals surface area contributed by atoms with Crippen LogP contribution >= 0.6 is 0 Å². The van der Waals surface area contributed by atoms with Crippen LogP contribution in [0.5, 0.6) is 0 Å². The normalized spacial score (nSPS) is 10.4. The second-order valence-corrected chi connectivity index (χ2v) is 3.57. The minimum absolute atomic E-state index is 0.0223. The van der Waals surface area contributed by atoms with Gasteiger partial charge in [-0.1, -0.05) is 0 Å². The number of ether oxygens (including phenoxy) is 4. The van der Waals surface area contributed by atoms with Crippen LogP contribution in [0, 0.1) is 11.5 Å². The minimum atomic E-state index is -0.752. The molecule has 122 valence electrons. The van der Waals surface area contributed by atoms with Crippen molar-refractivity contribution in [1.29, 1.82) is 5.26 Å². The molecule has 11 heteroatoms. The van der Waals surface area contributed by atoms with Crippen molar-refractivity contribution < 1.29 is 33.3 Å². The summed E-state index contributed by atoms with van der Waals surface area (Å²) in [4.78, 5) is 35.0. The van der Waals surface area contributed by atoms with Crippen molar-refractivity contribution in [2.45, 2.75) is 13.0 Å². The first kappa shape index (κ1) is 19.2. The van der Waals surface area contributed by atoms with Crippen molar-refractivity contribution in [3.8, 4) is 6.26 Å². The lowest BCUT2D eigenvalue weighted by Crippen LogP contribution is -2.31. The van der Waals surface area contributed by atoms with Crippen LogP contribution in [0.25, 0.3) is 0 Å². The molecule has 0 spiro atoms. The third kappa shape index (κ3) is 12.2. The summed E-state index contributed by atoms with van der Waals surface area (Å²) < 4.78 is 18.9. The van der Waals surface area contributed by atoms with E-state index in [2.05, 4.69) is 25.1 Å². The number of alkyl carbamates (subject to hydrolysis) is 2. The number of nitriles is 1. The topological polar surface area (TPSA) is 148 Å². The molecule has 2 N–H and O–H groups in total. The van der Waals surface area contributed by atoms with E-state index in [-0.39, 0.29) is 33.2 Å².